The number of halogens is 1. The Morgan fingerprint density at radius 2 is 2.44 bits per heavy atom. The molecular formula is C12H21ClN4O. The molecule has 1 aliphatic heterocycles. The van der Waals surface area contributed by atoms with Gasteiger partial charge in [0.2, 0.25) is 0 Å². The van der Waals surface area contributed by atoms with Crippen LogP contribution >= 0.6 is 11.6 Å². The average molecular weight is 273 g/mol. The summed E-state index contributed by atoms with van der Waals surface area (Å²) in [6.07, 6.45) is 3.12. The molecule has 0 radical (unpaired) electrons. The lowest BCUT2D eigenvalue weighted by atomic mass is 10.1. The van der Waals surface area contributed by atoms with Crippen LogP contribution in [0.15, 0.2) is 6.20 Å². The highest BCUT2D eigenvalue weighted by atomic mass is 35.5. The zero-order chi connectivity index (χ0) is 13.1. The van der Waals surface area contributed by atoms with Crippen LogP contribution in [0.3, 0.4) is 0 Å². The number of aromatic nitrogens is 2. The molecule has 0 amide bonds. The number of aliphatic hydroxyl groups is 1. The highest BCUT2D eigenvalue weighted by Gasteiger charge is 2.28. The number of rotatable bonds is 5. The monoisotopic (exact) mass is 272 g/mol. The predicted molar refractivity (Wildman–Crippen MR) is 71.8 cm³/mol. The zero-order valence-electron chi connectivity index (χ0n) is 10.9. The van der Waals surface area contributed by atoms with Gasteiger partial charge < -0.3 is 15.3 Å². The van der Waals surface area contributed by atoms with Crippen molar-refractivity contribution in [1.29, 1.82) is 0 Å². The normalized spacial score (nSPS) is 21.7. The molecule has 18 heavy (non-hydrogen) atoms. The average Bonchev–Trinajstić information content (AvgIpc) is 2.94. The van der Waals surface area contributed by atoms with E-state index in [4.69, 9.17) is 11.6 Å². The van der Waals surface area contributed by atoms with E-state index in [1.807, 2.05) is 18.8 Å². The fraction of sp³-hybridized carbons (Fsp3) is 0.750. The molecule has 1 fully saturated rings. The minimum Gasteiger partial charge on any atom is -0.385 e. The molecule has 1 aromatic heterocycles. The van der Waals surface area contributed by atoms with Gasteiger partial charge >= 0.3 is 0 Å². The van der Waals surface area contributed by atoms with E-state index >= 15 is 0 Å². The van der Waals surface area contributed by atoms with Crippen LogP contribution in [0.1, 0.15) is 24.6 Å². The first-order chi connectivity index (χ1) is 8.59. The summed E-state index contributed by atoms with van der Waals surface area (Å²) in [6, 6.07) is 0.0947. The summed E-state index contributed by atoms with van der Waals surface area (Å²) in [7, 11) is 4.03. The fourth-order valence-electron chi connectivity index (χ4n) is 2.31. The van der Waals surface area contributed by atoms with Crippen molar-refractivity contribution in [2.45, 2.75) is 31.5 Å². The van der Waals surface area contributed by atoms with Crippen LogP contribution in [0, 0.1) is 0 Å². The molecule has 0 spiro atoms. The Balaban J connectivity index is 2.12. The first-order valence-electron chi connectivity index (χ1n) is 6.37. The summed E-state index contributed by atoms with van der Waals surface area (Å²) in [4.78, 5) is 2.08. The Morgan fingerprint density at radius 3 is 3.06 bits per heavy atom. The Labute approximate surface area is 113 Å². The molecule has 2 atom stereocenters. The standard InChI is InChI=1S/C12H21ClN4O/c1-16(2)6-7-17-11(9(13)8-15-17)12(18)10-4-3-5-14-10/h8,10,12,14,18H,3-7H2,1-2H3. The van der Waals surface area contributed by atoms with Gasteiger partial charge in [0.05, 0.1) is 23.5 Å². The predicted octanol–water partition coefficient (Wildman–Crippen LogP) is 0.883. The molecular weight excluding hydrogens is 252 g/mol. The quantitative estimate of drug-likeness (QED) is 0.836. The van der Waals surface area contributed by atoms with Gasteiger partial charge in [-0.15, -0.1) is 0 Å². The van der Waals surface area contributed by atoms with E-state index in [0.29, 0.717) is 5.02 Å². The smallest absolute Gasteiger partial charge is 0.112 e. The number of likely N-dealkylation sites (N-methyl/N-ethyl adjacent to an activating group) is 1. The summed E-state index contributed by atoms with van der Waals surface area (Å²) in [5.74, 6) is 0. The van der Waals surface area contributed by atoms with E-state index in [-0.39, 0.29) is 6.04 Å². The lowest BCUT2D eigenvalue weighted by Crippen LogP contribution is -2.31. The van der Waals surface area contributed by atoms with Crippen LogP contribution in [0.4, 0.5) is 0 Å². The second kappa shape index (κ2) is 6.02. The van der Waals surface area contributed by atoms with Crippen LogP contribution in [-0.2, 0) is 6.54 Å². The summed E-state index contributed by atoms with van der Waals surface area (Å²) in [6.45, 7) is 2.57. The molecule has 6 heteroatoms. The molecule has 2 heterocycles. The van der Waals surface area contributed by atoms with Crippen LogP contribution in [-0.4, -0.2) is 53.0 Å². The SMILES string of the molecule is CN(C)CCn1ncc(Cl)c1C(O)C1CCCN1. The molecule has 0 saturated carbocycles. The summed E-state index contributed by atoms with van der Waals surface area (Å²) < 4.78 is 1.81. The molecule has 1 saturated heterocycles. The maximum Gasteiger partial charge on any atom is 0.112 e. The maximum atomic E-state index is 10.4. The zero-order valence-corrected chi connectivity index (χ0v) is 11.7. The molecule has 0 bridgehead atoms. The second-order valence-electron chi connectivity index (χ2n) is 5.05. The van der Waals surface area contributed by atoms with Crippen molar-refractivity contribution in [2.75, 3.05) is 27.2 Å². The second-order valence-corrected chi connectivity index (χ2v) is 5.46. The molecule has 102 valence electrons. The Kier molecular flexibility index (Phi) is 4.61. The van der Waals surface area contributed by atoms with E-state index in [9.17, 15) is 5.11 Å². The van der Waals surface area contributed by atoms with Gasteiger partial charge in [-0.1, -0.05) is 11.6 Å². The van der Waals surface area contributed by atoms with Crippen molar-refractivity contribution in [3.63, 3.8) is 0 Å². The molecule has 5 nitrogen and oxygen atoms in total. The summed E-state index contributed by atoms with van der Waals surface area (Å²) in [5, 5.41) is 18.5. The van der Waals surface area contributed by atoms with Crippen LogP contribution in [0.2, 0.25) is 5.02 Å². The Morgan fingerprint density at radius 1 is 1.67 bits per heavy atom. The van der Waals surface area contributed by atoms with E-state index in [2.05, 4.69) is 15.3 Å². The van der Waals surface area contributed by atoms with Crippen molar-refractivity contribution in [2.24, 2.45) is 0 Å². The van der Waals surface area contributed by atoms with Crippen molar-refractivity contribution >= 4 is 11.6 Å². The van der Waals surface area contributed by atoms with Gasteiger partial charge in [-0.25, -0.2) is 0 Å². The number of hydrogen-bond donors (Lipinski definition) is 2. The third kappa shape index (κ3) is 3.03. The van der Waals surface area contributed by atoms with Gasteiger partial charge in [-0.05, 0) is 33.5 Å². The van der Waals surface area contributed by atoms with Gasteiger partial charge in [0.1, 0.15) is 6.10 Å². The molecule has 1 aliphatic rings. The number of nitrogens with zero attached hydrogens (tertiary/aromatic N) is 3. The first-order valence-corrected chi connectivity index (χ1v) is 6.74. The third-order valence-electron chi connectivity index (χ3n) is 3.35. The van der Waals surface area contributed by atoms with Crippen molar-refractivity contribution in [3.8, 4) is 0 Å². The van der Waals surface area contributed by atoms with E-state index in [0.717, 1.165) is 38.2 Å². The van der Waals surface area contributed by atoms with Crippen LogP contribution < -0.4 is 5.32 Å². The largest absolute Gasteiger partial charge is 0.385 e. The number of hydrogen-bond acceptors (Lipinski definition) is 4. The third-order valence-corrected chi connectivity index (χ3v) is 3.64. The minimum absolute atomic E-state index is 0.0947. The summed E-state index contributed by atoms with van der Waals surface area (Å²) >= 11 is 6.15. The van der Waals surface area contributed by atoms with Crippen molar-refractivity contribution in [1.82, 2.24) is 20.0 Å². The van der Waals surface area contributed by atoms with Gasteiger partial charge in [-0.3, -0.25) is 4.68 Å². The minimum atomic E-state index is -0.579. The Hall–Kier alpha value is -0.620. The number of aliphatic hydroxyl groups excluding tert-OH is 1. The Bertz CT molecular complexity index is 387. The lowest BCUT2D eigenvalue weighted by Gasteiger charge is -2.20. The van der Waals surface area contributed by atoms with Crippen LogP contribution in [0.25, 0.3) is 0 Å². The van der Waals surface area contributed by atoms with E-state index in [1.54, 1.807) is 6.20 Å². The maximum absolute atomic E-state index is 10.4. The highest BCUT2D eigenvalue weighted by molar-refractivity contribution is 6.31. The van der Waals surface area contributed by atoms with Crippen molar-refractivity contribution in [3.05, 3.63) is 16.9 Å². The molecule has 0 aliphatic carbocycles. The summed E-state index contributed by atoms with van der Waals surface area (Å²) in [5.41, 5.74) is 0.734. The number of nitrogens with one attached hydrogen (secondary N) is 1. The van der Waals surface area contributed by atoms with E-state index in [1.165, 1.54) is 0 Å². The van der Waals surface area contributed by atoms with Crippen molar-refractivity contribution < 1.29 is 5.11 Å². The van der Waals surface area contributed by atoms with Gasteiger partial charge in [-0.2, -0.15) is 5.10 Å². The van der Waals surface area contributed by atoms with Crippen LogP contribution in [0.5, 0.6) is 0 Å². The highest BCUT2D eigenvalue weighted by Crippen LogP contribution is 2.28. The molecule has 2 unspecified atom stereocenters. The fourth-order valence-corrected chi connectivity index (χ4v) is 2.56. The first kappa shape index (κ1) is 13.8. The molecule has 2 rings (SSSR count). The van der Waals surface area contributed by atoms with Gasteiger partial charge in [0, 0.05) is 12.6 Å². The lowest BCUT2D eigenvalue weighted by molar-refractivity contribution is 0.126. The van der Waals surface area contributed by atoms with Gasteiger partial charge in [0.15, 0.2) is 0 Å². The molecule has 0 aromatic carbocycles. The van der Waals surface area contributed by atoms with Gasteiger partial charge in [0.25, 0.3) is 0 Å². The topological polar surface area (TPSA) is 53.3 Å². The molecule has 2 N–H and O–H groups in total. The van der Waals surface area contributed by atoms with E-state index < -0.39 is 6.10 Å². The molecule has 1 aromatic rings.